The van der Waals surface area contributed by atoms with Crippen molar-refractivity contribution in [3.63, 3.8) is 0 Å². The van der Waals surface area contributed by atoms with Gasteiger partial charge in [0.15, 0.2) is 5.50 Å². The number of nitrogens with zero attached hydrogens (tertiary/aromatic N) is 3. The molecule has 0 radical (unpaired) electrons. The summed E-state index contributed by atoms with van der Waals surface area (Å²) < 4.78 is 0. The van der Waals surface area contributed by atoms with E-state index < -0.39 is 0 Å². The van der Waals surface area contributed by atoms with Gasteiger partial charge in [0.05, 0.1) is 11.4 Å². The van der Waals surface area contributed by atoms with Gasteiger partial charge in [-0.05, 0) is 24.3 Å². The average Bonchev–Trinajstić information content (AvgIpc) is 2.83. The standard InChI is InChI=1S/C14H13N3S/c18-14-15-11-16(12-7-3-1-4-8-12)17(14)13-9-5-2-6-10-13/h1-11,14,18H. The summed E-state index contributed by atoms with van der Waals surface area (Å²) >= 11 is 4.49. The first-order valence-corrected chi connectivity index (χ1v) is 6.28. The highest BCUT2D eigenvalue weighted by molar-refractivity contribution is 7.81. The molecule has 0 amide bonds. The summed E-state index contributed by atoms with van der Waals surface area (Å²) in [6, 6.07) is 20.2. The van der Waals surface area contributed by atoms with Crippen LogP contribution in [0.15, 0.2) is 65.7 Å². The topological polar surface area (TPSA) is 18.8 Å². The molecule has 1 aliphatic heterocycles. The van der Waals surface area contributed by atoms with Crippen molar-refractivity contribution in [2.45, 2.75) is 5.50 Å². The normalized spacial score (nSPS) is 18.4. The molecule has 3 nitrogen and oxygen atoms in total. The molecule has 18 heavy (non-hydrogen) atoms. The second-order valence-electron chi connectivity index (χ2n) is 3.97. The van der Waals surface area contributed by atoms with Crippen molar-refractivity contribution in [1.82, 2.24) is 0 Å². The van der Waals surface area contributed by atoms with E-state index in [0.29, 0.717) is 0 Å². The van der Waals surface area contributed by atoms with Crippen LogP contribution in [0.4, 0.5) is 11.4 Å². The molecule has 1 aliphatic rings. The Morgan fingerprint density at radius 1 is 0.833 bits per heavy atom. The van der Waals surface area contributed by atoms with Crippen LogP contribution >= 0.6 is 12.6 Å². The van der Waals surface area contributed by atoms with Gasteiger partial charge in [0.1, 0.15) is 6.34 Å². The maximum atomic E-state index is 4.49. The van der Waals surface area contributed by atoms with Crippen LogP contribution in [0.1, 0.15) is 0 Å². The predicted octanol–water partition coefficient (Wildman–Crippen LogP) is 3.17. The second-order valence-corrected chi connectivity index (χ2v) is 4.43. The van der Waals surface area contributed by atoms with Crippen LogP contribution in [-0.4, -0.2) is 11.8 Å². The molecule has 0 fully saturated rings. The second kappa shape index (κ2) is 4.74. The first-order chi connectivity index (χ1) is 8.86. The molecular formula is C14H13N3S. The number of thiol groups is 1. The lowest BCUT2D eigenvalue weighted by Crippen LogP contribution is -2.40. The van der Waals surface area contributed by atoms with Crippen LogP contribution in [0, 0.1) is 0 Å². The van der Waals surface area contributed by atoms with Crippen molar-refractivity contribution in [3.8, 4) is 0 Å². The fraction of sp³-hybridized carbons (Fsp3) is 0.0714. The van der Waals surface area contributed by atoms with E-state index in [1.165, 1.54) is 0 Å². The molecular weight excluding hydrogens is 242 g/mol. The van der Waals surface area contributed by atoms with Gasteiger partial charge in [-0.2, -0.15) is 0 Å². The molecule has 0 aliphatic carbocycles. The fourth-order valence-corrected chi connectivity index (χ4v) is 2.27. The molecule has 90 valence electrons. The van der Waals surface area contributed by atoms with Gasteiger partial charge in [0.2, 0.25) is 0 Å². The summed E-state index contributed by atoms with van der Waals surface area (Å²) in [6.07, 6.45) is 1.81. The predicted molar refractivity (Wildman–Crippen MR) is 79.1 cm³/mol. The Hall–Kier alpha value is -1.94. The Morgan fingerprint density at radius 2 is 1.39 bits per heavy atom. The van der Waals surface area contributed by atoms with Crippen molar-refractivity contribution in [3.05, 3.63) is 60.7 Å². The van der Waals surface area contributed by atoms with E-state index in [-0.39, 0.29) is 5.50 Å². The third kappa shape index (κ3) is 1.95. The fourth-order valence-electron chi connectivity index (χ4n) is 1.96. The summed E-state index contributed by atoms with van der Waals surface area (Å²) in [5.41, 5.74) is 1.95. The lowest BCUT2D eigenvalue weighted by Gasteiger charge is -2.31. The zero-order valence-electron chi connectivity index (χ0n) is 9.72. The maximum Gasteiger partial charge on any atom is 0.186 e. The molecule has 4 heteroatoms. The van der Waals surface area contributed by atoms with E-state index in [9.17, 15) is 0 Å². The molecule has 0 saturated carbocycles. The number of anilines is 2. The highest BCUT2D eigenvalue weighted by atomic mass is 32.1. The quantitative estimate of drug-likeness (QED) is 0.831. The van der Waals surface area contributed by atoms with E-state index >= 15 is 0 Å². The molecule has 3 rings (SSSR count). The Labute approximate surface area is 112 Å². The van der Waals surface area contributed by atoms with E-state index in [0.717, 1.165) is 11.4 Å². The van der Waals surface area contributed by atoms with E-state index in [1.807, 2.05) is 70.7 Å². The average molecular weight is 255 g/mol. The summed E-state index contributed by atoms with van der Waals surface area (Å²) in [6.45, 7) is 0. The van der Waals surface area contributed by atoms with Crippen molar-refractivity contribution in [1.29, 1.82) is 0 Å². The lowest BCUT2D eigenvalue weighted by atomic mass is 10.3. The van der Waals surface area contributed by atoms with Gasteiger partial charge in [-0.1, -0.05) is 36.4 Å². The van der Waals surface area contributed by atoms with Crippen LogP contribution in [0.25, 0.3) is 0 Å². The molecule has 1 heterocycles. The lowest BCUT2D eigenvalue weighted by molar-refractivity contribution is 0.860. The molecule has 1 atom stereocenters. The third-order valence-corrected chi connectivity index (χ3v) is 3.15. The maximum absolute atomic E-state index is 4.49. The van der Waals surface area contributed by atoms with Crippen LogP contribution < -0.4 is 10.0 Å². The van der Waals surface area contributed by atoms with Gasteiger partial charge in [-0.25, -0.2) is 15.0 Å². The zero-order valence-corrected chi connectivity index (χ0v) is 10.6. The summed E-state index contributed by atoms with van der Waals surface area (Å²) in [5.74, 6) is 0. The molecule has 2 aromatic rings. The molecule has 1 unspecified atom stereocenters. The molecule has 2 aromatic carbocycles. The van der Waals surface area contributed by atoms with E-state index in [2.05, 4.69) is 17.6 Å². The Bertz CT molecular complexity index is 541. The van der Waals surface area contributed by atoms with Crippen LogP contribution in [0.3, 0.4) is 0 Å². The summed E-state index contributed by atoms with van der Waals surface area (Å²) in [7, 11) is 0. The molecule has 0 aromatic heterocycles. The smallest absolute Gasteiger partial charge is 0.186 e. The van der Waals surface area contributed by atoms with Crippen LogP contribution in [0.5, 0.6) is 0 Å². The SMILES string of the molecule is SC1N=CN(c2ccccc2)N1c1ccccc1. The number of hydrogen-bond acceptors (Lipinski definition) is 4. The number of hydrazine groups is 1. The van der Waals surface area contributed by atoms with Crippen molar-refractivity contribution >= 4 is 30.3 Å². The van der Waals surface area contributed by atoms with E-state index in [1.54, 1.807) is 6.34 Å². The Kier molecular flexibility index (Phi) is 2.94. The Balaban J connectivity index is 1.98. The molecule has 0 spiro atoms. The van der Waals surface area contributed by atoms with Crippen molar-refractivity contribution in [2.24, 2.45) is 4.99 Å². The van der Waals surface area contributed by atoms with Crippen LogP contribution in [-0.2, 0) is 0 Å². The van der Waals surface area contributed by atoms with Gasteiger partial charge in [0.25, 0.3) is 0 Å². The van der Waals surface area contributed by atoms with Gasteiger partial charge in [-0.3, -0.25) is 0 Å². The minimum absolute atomic E-state index is 0.187. The first kappa shape index (κ1) is 11.2. The number of aliphatic imine (C=N–C) groups is 1. The Morgan fingerprint density at radius 3 is 2.00 bits per heavy atom. The largest absolute Gasteiger partial charge is 0.246 e. The molecule has 0 saturated heterocycles. The zero-order chi connectivity index (χ0) is 12.4. The number of para-hydroxylation sites is 2. The monoisotopic (exact) mass is 255 g/mol. The van der Waals surface area contributed by atoms with Gasteiger partial charge in [-0.15, -0.1) is 12.6 Å². The van der Waals surface area contributed by atoms with Crippen LogP contribution in [0.2, 0.25) is 0 Å². The van der Waals surface area contributed by atoms with Gasteiger partial charge >= 0.3 is 0 Å². The number of rotatable bonds is 2. The number of benzene rings is 2. The van der Waals surface area contributed by atoms with Gasteiger partial charge < -0.3 is 0 Å². The minimum Gasteiger partial charge on any atom is -0.246 e. The minimum atomic E-state index is -0.187. The van der Waals surface area contributed by atoms with Crippen molar-refractivity contribution < 1.29 is 0 Å². The number of hydrogen-bond donors (Lipinski definition) is 1. The van der Waals surface area contributed by atoms with E-state index in [4.69, 9.17) is 0 Å². The molecule has 0 N–H and O–H groups in total. The first-order valence-electron chi connectivity index (χ1n) is 5.76. The summed E-state index contributed by atoms with van der Waals surface area (Å²) in [4.78, 5) is 4.34. The summed E-state index contributed by atoms with van der Waals surface area (Å²) in [5, 5.41) is 4.05. The third-order valence-electron chi connectivity index (χ3n) is 2.80. The van der Waals surface area contributed by atoms with Gasteiger partial charge in [0, 0.05) is 0 Å². The highest BCUT2D eigenvalue weighted by Gasteiger charge is 2.26. The molecule has 0 bridgehead atoms. The highest BCUT2D eigenvalue weighted by Crippen LogP contribution is 2.28. The van der Waals surface area contributed by atoms with Crippen molar-refractivity contribution in [2.75, 3.05) is 10.0 Å².